The third-order valence-electron chi connectivity index (χ3n) is 2.88. The molecule has 0 aliphatic carbocycles. The lowest BCUT2D eigenvalue weighted by molar-refractivity contribution is 0.431. The number of nitrogens with two attached hydrogens (primary N) is 1. The highest BCUT2D eigenvalue weighted by atomic mass is 79.9. The molecule has 21 heavy (non-hydrogen) atoms. The van der Waals surface area contributed by atoms with Gasteiger partial charge >= 0.3 is 0 Å². The number of hydrogen-bond donors (Lipinski definition) is 1. The van der Waals surface area contributed by atoms with E-state index in [4.69, 9.17) is 10.3 Å². The Morgan fingerprint density at radius 2 is 2.10 bits per heavy atom. The first kappa shape index (κ1) is 13.8. The van der Waals surface area contributed by atoms with Crippen molar-refractivity contribution >= 4 is 15.9 Å². The summed E-state index contributed by atoms with van der Waals surface area (Å²) in [5, 5.41) is 3.88. The van der Waals surface area contributed by atoms with E-state index in [1.54, 1.807) is 24.4 Å². The molecule has 2 N–H and O–H groups in total. The zero-order chi connectivity index (χ0) is 14.8. The Morgan fingerprint density at radius 3 is 2.76 bits per heavy atom. The van der Waals surface area contributed by atoms with Crippen molar-refractivity contribution in [3.8, 4) is 23.0 Å². The highest BCUT2D eigenvalue weighted by Gasteiger charge is 2.12. The van der Waals surface area contributed by atoms with Crippen molar-refractivity contribution in [1.29, 1.82) is 0 Å². The van der Waals surface area contributed by atoms with E-state index in [-0.39, 0.29) is 5.82 Å². The van der Waals surface area contributed by atoms with Gasteiger partial charge in [0.05, 0.1) is 4.47 Å². The molecule has 7 heteroatoms. The van der Waals surface area contributed by atoms with Gasteiger partial charge in [-0.1, -0.05) is 11.2 Å². The zero-order valence-corrected chi connectivity index (χ0v) is 12.3. The van der Waals surface area contributed by atoms with Crippen LogP contribution in [-0.4, -0.2) is 15.1 Å². The zero-order valence-electron chi connectivity index (χ0n) is 10.8. The Morgan fingerprint density at radius 1 is 1.24 bits per heavy atom. The van der Waals surface area contributed by atoms with E-state index in [1.165, 1.54) is 6.07 Å². The van der Waals surface area contributed by atoms with Crippen LogP contribution in [0.1, 0.15) is 5.56 Å². The van der Waals surface area contributed by atoms with Gasteiger partial charge in [-0.05, 0) is 45.8 Å². The summed E-state index contributed by atoms with van der Waals surface area (Å²) in [7, 11) is 0. The summed E-state index contributed by atoms with van der Waals surface area (Å²) in [5.74, 6) is 0.325. The first-order valence-electron chi connectivity index (χ1n) is 6.12. The third-order valence-corrected chi connectivity index (χ3v) is 3.49. The summed E-state index contributed by atoms with van der Waals surface area (Å²) in [6, 6.07) is 8.12. The molecule has 0 amide bonds. The summed E-state index contributed by atoms with van der Waals surface area (Å²) in [6.45, 7) is 0.423. The second-order valence-electron chi connectivity index (χ2n) is 4.31. The normalized spacial score (nSPS) is 10.8. The largest absolute Gasteiger partial charge is 0.332 e. The van der Waals surface area contributed by atoms with E-state index < -0.39 is 0 Å². The van der Waals surface area contributed by atoms with Crippen molar-refractivity contribution in [1.82, 2.24) is 15.1 Å². The van der Waals surface area contributed by atoms with Gasteiger partial charge in [0.1, 0.15) is 11.5 Å². The fourth-order valence-electron chi connectivity index (χ4n) is 1.75. The molecule has 0 saturated carbocycles. The van der Waals surface area contributed by atoms with Crippen molar-refractivity contribution in [2.45, 2.75) is 6.54 Å². The van der Waals surface area contributed by atoms with E-state index in [1.807, 2.05) is 6.07 Å². The third kappa shape index (κ3) is 2.84. The van der Waals surface area contributed by atoms with Gasteiger partial charge in [0.25, 0.3) is 5.89 Å². The minimum atomic E-state index is -0.346. The van der Waals surface area contributed by atoms with Crippen molar-refractivity contribution in [2.24, 2.45) is 5.73 Å². The molecular weight excluding hydrogens is 339 g/mol. The number of nitrogens with zero attached hydrogens (tertiary/aromatic N) is 3. The standard InChI is InChI=1S/C14H10BrFN4O/c15-10-5-9(2-3-11(10)16)13-19-14(21-20-13)12-4-1-8(6-17)7-18-12/h1-5,7H,6,17H2. The minimum Gasteiger partial charge on any atom is -0.332 e. The minimum absolute atomic E-state index is 0.300. The molecule has 2 aromatic heterocycles. The number of hydrogen-bond acceptors (Lipinski definition) is 5. The molecule has 0 atom stereocenters. The molecule has 0 unspecified atom stereocenters. The summed E-state index contributed by atoms with van der Waals surface area (Å²) >= 11 is 3.13. The predicted octanol–water partition coefficient (Wildman–Crippen LogP) is 3.16. The molecule has 0 bridgehead atoms. The number of rotatable bonds is 3. The van der Waals surface area contributed by atoms with E-state index in [9.17, 15) is 4.39 Å². The average molecular weight is 349 g/mol. The lowest BCUT2D eigenvalue weighted by Crippen LogP contribution is -1.96. The lowest BCUT2D eigenvalue weighted by Gasteiger charge is -1.97. The van der Waals surface area contributed by atoms with Gasteiger partial charge < -0.3 is 10.3 Å². The van der Waals surface area contributed by atoms with Crippen LogP contribution in [0.2, 0.25) is 0 Å². The fraction of sp³-hybridized carbons (Fsp3) is 0.0714. The lowest BCUT2D eigenvalue weighted by atomic mass is 10.2. The van der Waals surface area contributed by atoms with Crippen LogP contribution in [-0.2, 0) is 6.54 Å². The topological polar surface area (TPSA) is 77.8 Å². The Bertz CT molecular complexity index is 773. The Labute approximate surface area is 128 Å². The van der Waals surface area contributed by atoms with Crippen LogP contribution in [0.4, 0.5) is 4.39 Å². The van der Waals surface area contributed by atoms with Crippen LogP contribution in [0.5, 0.6) is 0 Å². The quantitative estimate of drug-likeness (QED) is 0.786. The molecule has 1 aromatic carbocycles. The average Bonchev–Trinajstić information content (AvgIpc) is 3.00. The molecule has 0 saturated heterocycles. The predicted molar refractivity (Wildman–Crippen MR) is 78.5 cm³/mol. The molecule has 5 nitrogen and oxygen atoms in total. The molecule has 0 fully saturated rings. The first-order valence-corrected chi connectivity index (χ1v) is 6.91. The number of benzene rings is 1. The van der Waals surface area contributed by atoms with Gasteiger partial charge in [0.2, 0.25) is 5.82 Å². The van der Waals surface area contributed by atoms with Gasteiger partial charge in [-0.25, -0.2) is 4.39 Å². The molecule has 0 spiro atoms. The molecule has 3 aromatic rings. The van der Waals surface area contributed by atoms with Crippen molar-refractivity contribution in [2.75, 3.05) is 0 Å². The second kappa shape index (κ2) is 5.71. The maximum atomic E-state index is 13.2. The molecule has 0 aliphatic heterocycles. The number of aromatic nitrogens is 3. The smallest absolute Gasteiger partial charge is 0.276 e. The summed E-state index contributed by atoms with van der Waals surface area (Å²) in [4.78, 5) is 8.48. The fourth-order valence-corrected chi connectivity index (χ4v) is 2.13. The highest BCUT2D eigenvalue weighted by molar-refractivity contribution is 9.10. The maximum Gasteiger partial charge on any atom is 0.276 e. The molecule has 2 heterocycles. The second-order valence-corrected chi connectivity index (χ2v) is 5.16. The van der Waals surface area contributed by atoms with Gasteiger partial charge in [-0.15, -0.1) is 0 Å². The van der Waals surface area contributed by atoms with Crippen LogP contribution in [0.3, 0.4) is 0 Å². The van der Waals surface area contributed by atoms with Crippen molar-refractivity contribution in [3.63, 3.8) is 0 Å². The first-order chi connectivity index (χ1) is 10.2. The van der Waals surface area contributed by atoms with Crippen LogP contribution in [0, 0.1) is 5.82 Å². The van der Waals surface area contributed by atoms with Crippen LogP contribution >= 0.6 is 15.9 Å². The summed E-state index contributed by atoms with van der Waals surface area (Å²) in [6.07, 6.45) is 1.66. The molecule has 0 aliphatic rings. The molecule has 106 valence electrons. The van der Waals surface area contributed by atoms with Gasteiger partial charge in [-0.3, -0.25) is 4.98 Å². The SMILES string of the molecule is NCc1ccc(-c2nc(-c3ccc(F)c(Br)c3)no2)nc1. The number of halogens is 2. The van der Waals surface area contributed by atoms with Crippen molar-refractivity contribution < 1.29 is 8.91 Å². The summed E-state index contributed by atoms with van der Waals surface area (Å²) < 4.78 is 18.8. The van der Waals surface area contributed by atoms with Gasteiger partial charge in [0.15, 0.2) is 0 Å². The maximum absolute atomic E-state index is 13.2. The summed E-state index contributed by atoms with van der Waals surface area (Å²) in [5.41, 5.74) is 7.65. The highest BCUT2D eigenvalue weighted by Crippen LogP contribution is 2.25. The Kier molecular flexibility index (Phi) is 3.76. The Balaban J connectivity index is 1.93. The van der Waals surface area contributed by atoms with E-state index in [2.05, 4.69) is 31.1 Å². The van der Waals surface area contributed by atoms with Gasteiger partial charge in [-0.2, -0.15) is 4.98 Å². The van der Waals surface area contributed by atoms with Gasteiger partial charge in [0, 0.05) is 18.3 Å². The van der Waals surface area contributed by atoms with Crippen LogP contribution in [0.25, 0.3) is 23.0 Å². The monoisotopic (exact) mass is 348 g/mol. The Hall–Kier alpha value is -2.12. The molecule has 0 radical (unpaired) electrons. The van der Waals surface area contributed by atoms with Crippen molar-refractivity contribution in [3.05, 3.63) is 52.4 Å². The van der Waals surface area contributed by atoms with Crippen LogP contribution in [0.15, 0.2) is 45.5 Å². The van der Waals surface area contributed by atoms with E-state index in [0.717, 1.165) is 5.56 Å². The molecular formula is C14H10BrFN4O. The molecule has 3 rings (SSSR count). The van der Waals surface area contributed by atoms with E-state index >= 15 is 0 Å². The number of pyridine rings is 1. The van der Waals surface area contributed by atoms with E-state index in [0.29, 0.717) is 34.0 Å². The van der Waals surface area contributed by atoms with Crippen LogP contribution < -0.4 is 5.73 Å².